The molecule has 105 valence electrons. The molecule has 0 N–H and O–H groups in total. The van der Waals surface area contributed by atoms with Gasteiger partial charge in [-0.25, -0.2) is 12.1 Å². The summed E-state index contributed by atoms with van der Waals surface area (Å²) in [5.74, 6) is 0. The number of rotatable bonds is 0. The fraction of sp³-hybridized carbons (Fsp3) is 0.643. The third-order valence-electron chi connectivity index (χ3n) is 0.556. The Labute approximate surface area is 137 Å². The summed E-state index contributed by atoms with van der Waals surface area (Å²) in [6, 6.07) is 10.0. The van der Waals surface area contributed by atoms with E-state index in [-0.39, 0.29) is 48.1 Å². The fourth-order valence-electron chi connectivity index (χ4n) is 0.321. The normalized spacial score (nSPS) is 8.22. The van der Waals surface area contributed by atoms with Crippen molar-refractivity contribution in [3.05, 3.63) is 30.3 Å². The van der Waals surface area contributed by atoms with Crippen LogP contribution in [0.1, 0.15) is 0 Å². The van der Waals surface area contributed by atoms with Crippen molar-refractivity contribution < 1.29 is 21.7 Å². The van der Waals surface area contributed by atoms with Crippen molar-refractivity contribution in [1.82, 2.24) is 0 Å². The van der Waals surface area contributed by atoms with Gasteiger partial charge in [0.2, 0.25) is 0 Å². The molecule has 0 atom stereocenters. The van der Waals surface area contributed by atoms with Crippen LogP contribution in [-0.2, 0) is 21.7 Å². The molecule has 0 saturated carbocycles. The Morgan fingerprint density at radius 2 is 0.722 bits per heavy atom. The molecule has 0 aliphatic rings. The number of hydrogen-bond donors (Lipinski definition) is 0. The third kappa shape index (κ3) is 126. The summed E-state index contributed by atoms with van der Waals surface area (Å²) in [4.78, 5) is 0. The van der Waals surface area contributed by atoms with Crippen LogP contribution in [0.2, 0.25) is 58.9 Å². The van der Waals surface area contributed by atoms with Crippen LogP contribution in [0.3, 0.4) is 0 Å². The van der Waals surface area contributed by atoms with Crippen LogP contribution in [0.15, 0.2) is 30.3 Å². The molecule has 0 amide bonds. The monoisotopic (exact) mass is 332 g/mol. The second-order valence-electron chi connectivity index (χ2n) is 5.46. The van der Waals surface area contributed by atoms with Crippen molar-refractivity contribution in [2.24, 2.45) is 0 Å². The van der Waals surface area contributed by atoms with Gasteiger partial charge >= 0.3 is 0 Å². The van der Waals surface area contributed by atoms with Crippen LogP contribution in [0.5, 0.6) is 0 Å². The SMILES string of the molecule is C[Si](C)C.C[Si](C)C.C[Si](C)C.[Ti].c1cc[cH-]c1. The van der Waals surface area contributed by atoms with Gasteiger partial charge in [0, 0.05) is 48.1 Å². The van der Waals surface area contributed by atoms with Gasteiger partial charge in [0.05, 0.1) is 0 Å². The molecule has 0 bridgehead atoms. The summed E-state index contributed by atoms with van der Waals surface area (Å²) in [5.41, 5.74) is 0. The molecule has 1 aromatic carbocycles. The van der Waals surface area contributed by atoms with E-state index in [2.05, 4.69) is 58.9 Å². The van der Waals surface area contributed by atoms with E-state index >= 15 is 0 Å². The Balaban J connectivity index is -0.0000000719. The van der Waals surface area contributed by atoms with Crippen LogP contribution < -0.4 is 0 Å². The molecule has 0 nitrogen and oxygen atoms in total. The number of hydrogen-bond acceptors (Lipinski definition) is 0. The van der Waals surface area contributed by atoms with Gasteiger partial charge in [-0.15, -0.1) is 0 Å². The fourth-order valence-corrected chi connectivity index (χ4v) is 0.321. The van der Waals surface area contributed by atoms with Gasteiger partial charge < -0.3 is 0 Å². The summed E-state index contributed by atoms with van der Waals surface area (Å²) < 4.78 is 0. The minimum absolute atomic E-state index is 0. The molecule has 1 rings (SSSR count). The van der Waals surface area contributed by atoms with E-state index in [0.717, 1.165) is 0 Å². The van der Waals surface area contributed by atoms with E-state index in [1.54, 1.807) is 0 Å². The topological polar surface area (TPSA) is 0 Å². The van der Waals surface area contributed by atoms with Crippen molar-refractivity contribution in [2.45, 2.75) is 58.9 Å². The van der Waals surface area contributed by atoms with Crippen molar-refractivity contribution >= 4 is 26.4 Å². The maximum atomic E-state index is 2.27. The van der Waals surface area contributed by atoms with E-state index in [4.69, 9.17) is 0 Å². The third-order valence-corrected chi connectivity index (χ3v) is 0.556. The molecule has 0 fully saturated rings. The molecule has 18 heavy (non-hydrogen) atoms. The molecule has 0 heterocycles. The molecule has 0 aliphatic carbocycles. The van der Waals surface area contributed by atoms with Gasteiger partial charge in [0.15, 0.2) is 0 Å². The molecule has 0 spiro atoms. The van der Waals surface area contributed by atoms with Gasteiger partial charge in [-0.3, -0.25) is 0 Å². The molecular weight excluding hydrogens is 300 g/mol. The van der Waals surface area contributed by atoms with Crippen molar-refractivity contribution in [3.63, 3.8) is 0 Å². The largest absolute Gasteiger partial charge is 0.214 e. The minimum atomic E-state index is 0. The second kappa shape index (κ2) is 22.9. The van der Waals surface area contributed by atoms with Gasteiger partial charge in [-0.1, -0.05) is 58.9 Å². The zero-order chi connectivity index (χ0) is 14.3. The van der Waals surface area contributed by atoms with Gasteiger partial charge in [0.25, 0.3) is 0 Å². The van der Waals surface area contributed by atoms with Crippen LogP contribution in [0.4, 0.5) is 0 Å². The molecule has 4 heteroatoms. The van der Waals surface area contributed by atoms with Gasteiger partial charge in [-0.2, -0.15) is 18.2 Å². The quantitative estimate of drug-likeness (QED) is 0.434. The Bertz CT molecular complexity index is 145. The molecule has 1 aromatic rings. The molecular formula is C14H32Si3Ti-. The average Bonchev–Trinajstić information content (AvgIpc) is 2.53. The Hall–Kier alpha value is 0.715. The maximum Gasteiger partial charge on any atom is 0.0379 e. The standard InChI is InChI=1S/C5H5.3C3H9Si.Ti/c1-2-4-5-3-1;3*1-4(2)3;/h1-5H;3*1-3H3;/q-1;;;;. The Kier molecular flexibility index (Phi) is 34.4. The van der Waals surface area contributed by atoms with Crippen molar-refractivity contribution in [1.29, 1.82) is 0 Å². The average molecular weight is 333 g/mol. The first-order chi connectivity index (χ1) is 7.70. The zero-order valence-corrected chi connectivity index (χ0v) is 18.4. The molecule has 0 aromatic heterocycles. The van der Waals surface area contributed by atoms with Crippen LogP contribution in [0.25, 0.3) is 0 Å². The first-order valence-electron chi connectivity index (χ1n) is 6.17. The summed E-state index contributed by atoms with van der Waals surface area (Å²) >= 11 is 0. The van der Waals surface area contributed by atoms with E-state index in [0.29, 0.717) is 0 Å². The smallest absolute Gasteiger partial charge is 0.0379 e. The Morgan fingerprint density at radius 3 is 0.778 bits per heavy atom. The molecule has 0 saturated heterocycles. The first-order valence-corrected chi connectivity index (χ1v) is 15.2. The van der Waals surface area contributed by atoms with Crippen LogP contribution in [-0.4, -0.2) is 26.4 Å². The molecule has 0 unspecified atom stereocenters. The molecule has 0 aliphatic heterocycles. The van der Waals surface area contributed by atoms with Crippen molar-refractivity contribution in [2.75, 3.05) is 0 Å². The summed E-state index contributed by atoms with van der Waals surface area (Å²) in [6.07, 6.45) is 0. The summed E-state index contributed by atoms with van der Waals surface area (Å²) in [5, 5.41) is 0. The van der Waals surface area contributed by atoms with Crippen LogP contribution in [0, 0.1) is 0 Å². The molecule has 3 radical (unpaired) electrons. The van der Waals surface area contributed by atoms with Gasteiger partial charge in [0.1, 0.15) is 0 Å². The van der Waals surface area contributed by atoms with E-state index < -0.39 is 0 Å². The first kappa shape index (κ1) is 27.1. The van der Waals surface area contributed by atoms with E-state index in [9.17, 15) is 0 Å². The predicted molar refractivity (Wildman–Crippen MR) is 92.1 cm³/mol. The predicted octanol–water partition coefficient (Wildman–Crippen LogP) is 5.51. The summed E-state index contributed by atoms with van der Waals surface area (Å²) in [6.45, 7) is 20.4. The van der Waals surface area contributed by atoms with Crippen molar-refractivity contribution in [3.8, 4) is 0 Å². The maximum absolute atomic E-state index is 2.27. The minimum Gasteiger partial charge on any atom is -0.214 e. The second-order valence-corrected chi connectivity index (χ2v) is 14.5. The van der Waals surface area contributed by atoms with E-state index in [1.807, 2.05) is 30.3 Å². The van der Waals surface area contributed by atoms with E-state index in [1.165, 1.54) is 0 Å². The summed E-state index contributed by atoms with van der Waals surface area (Å²) in [7, 11) is 0.361. The van der Waals surface area contributed by atoms with Crippen LogP contribution >= 0.6 is 0 Å². The van der Waals surface area contributed by atoms with Gasteiger partial charge in [-0.05, 0) is 0 Å². The Morgan fingerprint density at radius 1 is 0.556 bits per heavy atom. The zero-order valence-electron chi connectivity index (χ0n) is 13.9.